The fourth-order valence-corrected chi connectivity index (χ4v) is 3.79. The quantitative estimate of drug-likeness (QED) is 0.898. The first kappa shape index (κ1) is 12.9. The number of hydrogen-bond donors (Lipinski definition) is 1. The molecule has 0 spiro atoms. The Balaban J connectivity index is 1.91. The maximum Gasteiger partial charge on any atom is 0.146 e. The van der Waals surface area contributed by atoms with Crippen molar-refractivity contribution in [1.29, 1.82) is 0 Å². The maximum atomic E-state index is 14.3. The average Bonchev–Trinajstić information content (AvgIpc) is 2.98. The number of para-hydroxylation sites is 1. The molecule has 1 saturated heterocycles. The Bertz CT molecular complexity index is 448. The van der Waals surface area contributed by atoms with Gasteiger partial charge >= 0.3 is 0 Å². The van der Waals surface area contributed by atoms with E-state index in [-0.39, 0.29) is 11.9 Å². The van der Waals surface area contributed by atoms with Crippen LogP contribution in [0.5, 0.6) is 0 Å². The summed E-state index contributed by atoms with van der Waals surface area (Å²) in [6.45, 7) is 4.17. The second kappa shape index (κ2) is 5.12. The number of rotatable bonds is 3. The van der Waals surface area contributed by atoms with Gasteiger partial charge in [-0.15, -0.1) is 0 Å². The number of nitrogens with one attached hydrogen (secondary N) is 1. The van der Waals surface area contributed by atoms with Gasteiger partial charge in [0.15, 0.2) is 0 Å². The van der Waals surface area contributed by atoms with Crippen LogP contribution in [0.3, 0.4) is 0 Å². The van der Waals surface area contributed by atoms with Crippen LogP contribution in [0, 0.1) is 17.7 Å². The summed E-state index contributed by atoms with van der Waals surface area (Å²) in [6.07, 6.45) is 4.01. The molecule has 3 unspecified atom stereocenters. The zero-order valence-corrected chi connectivity index (χ0v) is 11.8. The lowest BCUT2D eigenvalue weighted by molar-refractivity contribution is 0.494. The highest BCUT2D eigenvalue weighted by Gasteiger charge is 2.37. The summed E-state index contributed by atoms with van der Waals surface area (Å²) in [7, 11) is 1.93. The van der Waals surface area contributed by atoms with Crippen molar-refractivity contribution in [3.05, 3.63) is 29.6 Å². The number of benzene rings is 1. The summed E-state index contributed by atoms with van der Waals surface area (Å²) in [5, 5.41) is 3.23. The Morgan fingerprint density at radius 1 is 1.26 bits per heavy atom. The van der Waals surface area contributed by atoms with E-state index in [0.717, 1.165) is 36.2 Å². The van der Waals surface area contributed by atoms with E-state index in [1.807, 2.05) is 19.2 Å². The summed E-state index contributed by atoms with van der Waals surface area (Å²) in [5.74, 6) is 1.51. The van der Waals surface area contributed by atoms with E-state index >= 15 is 0 Å². The summed E-state index contributed by atoms with van der Waals surface area (Å²) >= 11 is 0. The molecule has 2 nitrogen and oxygen atoms in total. The van der Waals surface area contributed by atoms with Crippen molar-refractivity contribution in [2.24, 2.45) is 11.8 Å². The van der Waals surface area contributed by atoms with Gasteiger partial charge in [-0.05, 0) is 50.3 Å². The fourth-order valence-electron chi connectivity index (χ4n) is 3.79. The topological polar surface area (TPSA) is 15.3 Å². The molecule has 1 saturated carbocycles. The van der Waals surface area contributed by atoms with Crippen LogP contribution in [-0.4, -0.2) is 20.1 Å². The number of hydrogen-bond acceptors (Lipinski definition) is 2. The first-order chi connectivity index (χ1) is 9.20. The van der Waals surface area contributed by atoms with Gasteiger partial charge in [0.25, 0.3) is 0 Å². The first-order valence-corrected chi connectivity index (χ1v) is 7.41. The average molecular weight is 262 g/mol. The largest absolute Gasteiger partial charge is 0.368 e. The molecule has 1 aromatic rings. The van der Waals surface area contributed by atoms with Gasteiger partial charge in [0, 0.05) is 19.1 Å². The van der Waals surface area contributed by atoms with Crippen LogP contribution >= 0.6 is 0 Å². The molecule has 1 heterocycles. The van der Waals surface area contributed by atoms with E-state index in [4.69, 9.17) is 0 Å². The van der Waals surface area contributed by atoms with Crippen LogP contribution in [0.15, 0.2) is 18.2 Å². The molecule has 3 heteroatoms. The number of fused-ring (bicyclic) bond motifs is 1. The Labute approximate surface area is 115 Å². The highest BCUT2D eigenvalue weighted by atomic mass is 19.1. The first-order valence-electron chi connectivity index (χ1n) is 7.41. The van der Waals surface area contributed by atoms with Crippen molar-refractivity contribution in [2.45, 2.75) is 32.2 Å². The van der Waals surface area contributed by atoms with Gasteiger partial charge in [0.1, 0.15) is 5.82 Å². The van der Waals surface area contributed by atoms with Gasteiger partial charge in [0.05, 0.1) is 5.69 Å². The van der Waals surface area contributed by atoms with Gasteiger partial charge in [0.2, 0.25) is 0 Å². The number of anilines is 1. The van der Waals surface area contributed by atoms with Crippen LogP contribution < -0.4 is 10.2 Å². The highest BCUT2D eigenvalue weighted by Crippen LogP contribution is 2.41. The molecule has 1 aliphatic carbocycles. The maximum absolute atomic E-state index is 14.3. The van der Waals surface area contributed by atoms with E-state index in [9.17, 15) is 4.39 Å². The van der Waals surface area contributed by atoms with Gasteiger partial charge in [-0.25, -0.2) is 4.39 Å². The fraction of sp³-hybridized carbons (Fsp3) is 0.625. The Morgan fingerprint density at radius 2 is 1.95 bits per heavy atom. The molecule has 0 aromatic heterocycles. The lowest BCUT2D eigenvalue weighted by Gasteiger charge is -2.26. The number of nitrogens with zero attached hydrogens (tertiary/aromatic N) is 1. The minimum Gasteiger partial charge on any atom is -0.368 e. The molecule has 1 N–H and O–H groups in total. The van der Waals surface area contributed by atoms with E-state index in [2.05, 4.69) is 17.1 Å². The smallest absolute Gasteiger partial charge is 0.146 e. The third-order valence-electron chi connectivity index (χ3n) is 4.96. The monoisotopic (exact) mass is 262 g/mol. The van der Waals surface area contributed by atoms with Gasteiger partial charge < -0.3 is 10.2 Å². The minimum absolute atomic E-state index is 0.0698. The summed E-state index contributed by atoms with van der Waals surface area (Å²) in [5.41, 5.74) is 1.92. The van der Waals surface area contributed by atoms with Gasteiger partial charge in [-0.3, -0.25) is 0 Å². The third-order valence-corrected chi connectivity index (χ3v) is 4.96. The van der Waals surface area contributed by atoms with Crippen LogP contribution in [0.25, 0.3) is 0 Å². The van der Waals surface area contributed by atoms with Crippen LogP contribution in [0.2, 0.25) is 0 Å². The lowest BCUT2D eigenvalue weighted by atomic mass is 10.0. The predicted molar refractivity (Wildman–Crippen MR) is 76.9 cm³/mol. The Morgan fingerprint density at radius 3 is 2.58 bits per heavy atom. The summed E-state index contributed by atoms with van der Waals surface area (Å²) in [6, 6.07) is 5.65. The molecule has 1 aliphatic heterocycles. The molecule has 0 bridgehead atoms. The van der Waals surface area contributed by atoms with Gasteiger partial charge in [-0.2, -0.15) is 0 Å². The predicted octanol–water partition coefficient (Wildman–Crippen LogP) is 3.34. The zero-order chi connectivity index (χ0) is 13.4. The molecular weight excluding hydrogens is 239 g/mol. The molecule has 1 aromatic carbocycles. The Kier molecular flexibility index (Phi) is 3.48. The molecule has 3 atom stereocenters. The molecule has 0 amide bonds. The summed E-state index contributed by atoms with van der Waals surface area (Å²) in [4.78, 5) is 2.28. The molecule has 2 aliphatic rings. The standard InChI is InChI=1S/C16H23FN2/c1-11(18-2)14-7-4-8-15(17)16(14)19-9-12-5-3-6-13(12)10-19/h4,7-8,11-13,18H,3,5-6,9-10H2,1-2H3. The molecule has 104 valence electrons. The van der Waals surface area contributed by atoms with Crippen molar-refractivity contribution in [1.82, 2.24) is 5.32 Å². The minimum atomic E-state index is -0.0698. The molecular formula is C16H23FN2. The molecule has 0 radical (unpaired) electrons. The summed E-state index contributed by atoms with van der Waals surface area (Å²) < 4.78 is 14.3. The molecule has 3 rings (SSSR count). The highest BCUT2D eigenvalue weighted by molar-refractivity contribution is 5.57. The lowest BCUT2D eigenvalue weighted by Crippen LogP contribution is -2.25. The van der Waals surface area contributed by atoms with Crippen LogP contribution in [0.1, 0.15) is 37.8 Å². The van der Waals surface area contributed by atoms with Crippen molar-refractivity contribution in [3.8, 4) is 0 Å². The van der Waals surface area contributed by atoms with Crippen LogP contribution in [0.4, 0.5) is 10.1 Å². The van der Waals surface area contributed by atoms with Crippen molar-refractivity contribution < 1.29 is 4.39 Å². The van der Waals surface area contributed by atoms with Gasteiger partial charge in [-0.1, -0.05) is 18.6 Å². The van der Waals surface area contributed by atoms with E-state index < -0.39 is 0 Å². The third kappa shape index (κ3) is 2.25. The van der Waals surface area contributed by atoms with E-state index in [1.165, 1.54) is 19.3 Å². The van der Waals surface area contributed by atoms with E-state index in [0.29, 0.717) is 0 Å². The van der Waals surface area contributed by atoms with Crippen LogP contribution in [-0.2, 0) is 0 Å². The van der Waals surface area contributed by atoms with Crippen molar-refractivity contribution in [3.63, 3.8) is 0 Å². The van der Waals surface area contributed by atoms with E-state index in [1.54, 1.807) is 6.07 Å². The second-order valence-corrected chi connectivity index (χ2v) is 6.04. The Hall–Kier alpha value is -1.09. The normalized spacial score (nSPS) is 27.6. The number of halogens is 1. The molecule has 19 heavy (non-hydrogen) atoms. The van der Waals surface area contributed by atoms with Crippen molar-refractivity contribution >= 4 is 5.69 Å². The zero-order valence-electron chi connectivity index (χ0n) is 11.8. The second-order valence-electron chi connectivity index (χ2n) is 6.04. The van der Waals surface area contributed by atoms with Crippen molar-refractivity contribution in [2.75, 3.05) is 25.0 Å². The SMILES string of the molecule is CNC(C)c1cccc(F)c1N1CC2CCCC2C1. The molecule has 2 fully saturated rings.